The second-order valence-corrected chi connectivity index (χ2v) is 14.5. The smallest absolute Gasteiger partial charge is 0.173 e. The lowest BCUT2D eigenvalue weighted by Crippen LogP contribution is -2.44. The molecule has 0 bridgehead atoms. The molecule has 0 radical (unpaired) electrons. The summed E-state index contributed by atoms with van der Waals surface area (Å²) in [6.45, 7) is 12.4. The highest BCUT2D eigenvalue weighted by atomic mass is 28.4. The molecule has 0 saturated heterocycles. The van der Waals surface area contributed by atoms with Crippen molar-refractivity contribution in [1.82, 2.24) is 0 Å². The lowest BCUT2D eigenvalue weighted by molar-refractivity contribution is 0.530. The third kappa shape index (κ3) is 8.19. The Balaban J connectivity index is 4.04. The number of hydrogen-bond donors (Lipinski definition) is 1. The molecule has 0 rings (SSSR count). The zero-order chi connectivity index (χ0) is 11.9. The van der Waals surface area contributed by atoms with Crippen LogP contribution in [0.15, 0.2) is 0 Å². The number of hydrogen-bond acceptors (Lipinski definition) is 2. The van der Waals surface area contributed by atoms with E-state index in [4.69, 9.17) is 9.85 Å². The van der Waals surface area contributed by atoms with E-state index >= 15 is 0 Å². The predicted molar refractivity (Wildman–Crippen MR) is 74.2 cm³/mol. The zero-order valence-electron chi connectivity index (χ0n) is 11.2. The first kappa shape index (κ1) is 15.4. The van der Waals surface area contributed by atoms with Gasteiger partial charge in [0.15, 0.2) is 16.6 Å². The minimum absolute atomic E-state index is 0.802. The van der Waals surface area contributed by atoms with Gasteiger partial charge in [-0.1, -0.05) is 19.8 Å². The Bertz CT molecular complexity index is 154. The van der Waals surface area contributed by atoms with E-state index < -0.39 is 16.6 Å². The van der Waals surface area contributed by atoms with Crippen LogP contribution in [0.3, 0.4) is 0 Å². The van der Waals surface area contributed by atoms with Gasteiger partial charge in [0.05, 0.1) is 0 Å². The van der Waals surface area contributed by atoms with E-state index in [0.717, 1.165) is 13.0 Å². The Morgan fingerprint density at radius 1 is 0.933 bits per heavy atom. The molecule has 15 heavy (non-hydrogen) atoms. The molecular weight excluding hydrogens is 218 g/mol. The van der Waals surface area contributed by atoms with Gasteiger partial charge in [0.1, 0.15) is 0 Å². The molecule has 0 saturated carbocycles. The summed E-state index contributed by atoms with van der Waals surface area (Å²) in [6.07, 6.45) is 3.72. The third-order valence-electron chi connectivity index (χ3n) is 2.67. The van der Waals surface area contributed by atoms with Gasteiger partial charge in [-0.25, -0.2) is 0 Å². The normalized spacial score (nSPS) is 13.2. The minimum atomic E-state index is -1.43. The molecule has 0 atom stereocenters. The van der Waals surface area contributed by atoms with Gasteiger partial charge >= 0.3 is 0 Å². The first-order valence-corrected chi connectivity index (χ1v) is 12.5. The lowest BCUT2D eigenvalue weighted by atomic mass is 10.4. The van der Waals surface area contributed by atoms with Gasteiger partial charge < -0.3 is 9.85 Å². The molecule has 2 nitrogen and oxygen atoms in total. The van der Waals surface area contributed by atoms with Crippen molar-refractivity contribution < 1.29 is 4.12 Å². The van der Waals surface area contributed by atoms with Crippen LogP contribution in [0.5, 0.6) is 0 Å². The molecule has 0 aliphatic carbocycles. The van der Waals surface area contributed by atoms with Crippen molar-refractivity contribution in [2.75, 3.05) is 6.54 Å². The van der Waals surface area contributed by atoms with E-state index in [1.54, 1.807) is 0 Å². The van der Waals surface area contributed by atoms with Gasteiger partial charge in [0.25, 0.3) is 0 Å². The molecular formula is C11H29NOSi2. The van der Waals surface area contributed by atoms with Gasteiger partial charge in [0.2, 0.25) is 0 Å². The summed E-state index contributed by atoms with van der Waals surface area (Å²) in [5.41, 5.74) is 5.56. The molecule has 92 valence electrons. The molecule has 0 heterocycles. The van der Waals surface area contributed by atoms with Crippen LogP contribution in [0.2, 0.25) is 38.3 Å². The number of rotatable bonds is 8. The van der Waals surface area contributed by atoms with Crippen LogP contribution in [-0.4, -0.2) is 23.2 Å². The summed E-state index contributed by atoms with van der Waals surface area (Å²) in [5.74, 6) is 0. The van der Waals surface area contributed by atoms with Gasteiger partial charge in [-0.2, -0.15) is 0 Å². The van der Waals surface area contributed by atoms with E-state index in [1.807, 2.05) is 0 Å². The largest absolute Gasteiger partial charge is 0.455 e. The summed E-state index contributed by atoms with van der Waals surface area (Å²) in [6, 6.07) is 2.52. The zero-order valence-corrected chi connectivity index (χ0v) is 13.2. The Hall–Kier alpha value is 0.354. The summed E-state index contributed by atoms with van der Waals surface area (Å²) >= 11 is 0. The fourth-order valence-electron chi connectivity index (χ4n) is 1.98. The predicted octanol–water partition coefficient (Wildman–Crippen LogP) is 3.56. The van der Waals surface area contributed by atoms with Crippen LogP contribution in [0, 0.1) is 0 Å². The average molecular weight is 248 g/mol. The molecule has 0 aromatic heterocycles. The Morgan fingerprint density at radius 3 is 1.80 bits per heavy atom. The maximum Gasteiger partial charge on any atom is 0.173 e. The van der Waals surface area contributed by atoms with Crippen molar-refractivity contribution in [2.45, 2.75) is 64.5 Å². The molecule has 0 amide bonds. The first-order chi connectivity index (χ1) is 6.83. The highest BCUT2D eigenvalue weighted by molar-refractivity contribution is 6.84. The Morgan fingerprint density at radius 2 is 1.40 bits per heavy atom. The van der Waals surface area contributed by atoms with Crippen molar-refractivity contribution in [3.8, 4) is 0 Å². The highest BCUT2D eigenvalue weighted by Crippen LogP contribution is 2.23. The fraction of sp³-hybridized carbons (Fsp3) is 1.00. The third-order valence-corrected chi connectivity index (χ3v) is 10.2. The SMILES string of the molecule is CCCC[Si](C)(C)O[Si](C)(C)CCCN. The van der Waals surface area contributed by atoms with E-state index in [1.165, 1.54) is 24.9 Å². The second kappa shape index (κ2) is 6.83. The van der Waals surface area contributed by atoms with Crippen LogP contribution in [0.1, 0.15) is 26.2 Å². The molecule has 0 spiro atoms. The average Bonchev–Trinajstić information content (AvgIpc) is 2.10. The molecule has 2 N–H and O–H groups in total. The maximum atomic E-state index is 6.45. The topological polar surface area (TPSA) is 35.2 Å². The van der Waals surface area contributed by atoms with Gasteiger partial charge in [-0.05, 0) is 51.2 Å². The highest BCUT2D eigenvalue weighted by Gasteiger charge is 2.31. The Kier molecular flexibility index (Phi) is 6.99. The quantitative estimate of drug-likeness (QED) is 0.666. The second-order valence-electron chi connectivity index (χ2n) is 5.62. The van der Waals surface area contributed by atoms with E-state index in [-0.39, 0.29) is 0 Å². The van der Waals surface area contributed by atoms with E-state index in [9.17, 15) is 0 Å². The maximum absolute atomic E-state index is 6.45. The summed E-state index contributed by atoms with van der Waals surface area (Å²) < 4.78 is 6.45. The van der Waals surface area contributed by atoms with Crippen molar-refractivity contribution in [2.24, 2.45) is 5.73 Å². The van der Waals surface area contributed by atoms with Gasteiger partial charge in [-0.15, -0.1) is 0 Å². The van der Waals surface area contributed by atoms with E-state index in [0.29, 0.717) is 0 Å². The van der Waals surface area contributed by atoms with Crippen LogP contribution in [0.4, 0.5) is 0 Å². The van der Waals surface area contributed by atoms with Crippen LogP contribution in [-0.2, 0) is 4.12 Å². The molecule has 0 aromatic rings. The van der Waals surface area contributed by atoms with Gasteiger partial charge in [-0.3, -0.25) is 0 Å². The molecule has 0 aliphatic heterocycles. The molecule has 0 aromatic carbocycles. The van der Waals surface area contributed by atoms with Crippen molar-refractivity contribution in [3.63, 3.8) is 0 Å². The Labute approximate surface area is 97.9 Å². The van der Waals surface area contributed by atoms with Crippen molar-refractivity contribution in [1.29, 1.82) is 0 Å². The summed E-state index contributed by atoms with van der Waals surface area (Å²) in [4.78, 5) is 0. The van der Waals surface area contributed by atoms with E-state index in [2.05, 4.69) is 33.1 Å². The summed E-state index contributed by atoms with van der Waals surface area (Å²) in [5, 5.41) is 0. The standard InChI is InChI=1S/C11H29NOSi2/c1-6-7-10-14(2,3)13-15(4,5)11-8-9-12/h6-12H2,1-5H3. The first-order valence-electron chi connectivity index (χ1n) is 6.23. The monoisotopic (exact) mass is 247 g/mol. The lowest BCUT2D eigenvalue weighted by Gasteiger charge is -2.34. The van der Waals surface area contributed by atoms with Crippen molar-refractivity contribution >= 4 is 16.6 Å². The van der Waals surface area contributed by atoms with Crippen LogP contribution in [0.25, 0.3) is 0 Å². The number of unbranched alkanes of at least 4 members (excludes halogenated alkanes) is 1. The molecule has 0 unspecified atom stereocenters. The minimum Gasteiger partial charge on any atom is -0.455 e. The molecule has 0 fully saturated rings. The van der Waals surface area contributed by atoms with Crippen molar-refractivity contribution in [3.05, 3.63) is 0 Å². The summed E-state index contributed by atoms with van der Waals surface area (Å²) in [7, 11) is -2.82. The van der Waals surface area contributed by atoms with Gasteiger partial charge in [0, 0.05) is 0 Å². The number of nitrogens with two attached hydrogens (primary N) is 1. The van der Waals surface area contributed by atoms with Crippen LogP contribution < -0.4 is 5.73 Å². The molecule has 0 aliphatic rings. The molecule has 4 heteroatoms. The van der Waals surface area contributed by atoms with Crippen LogP contribution >= 0.6 is 0 Å². The fourth-order valence-corrected chi connectivity index (χ4v) is 11.0.